The van der Waals surface area contributed by atoms with Gasteiger partial charge in [-0.15, -0.1) is 0 Å². The number of ether oxygens (including phenoxy) is 1. The number of hydrogen-bond acceptors (Lipinski definition) is 2. The highest BCUT2D eigenvalue weighted by Gasteiger charge is 2.42. The van der Waals surface area contributed by atoms with Crippen molar-refractivity contribution in [3.05, 3.63) is 58.6 Å². The van der Waals surface area contributed by atoms with E-state index in [2.05, 4.69) is 19.2 Å². The topological polar surface area (TPSA) is 38.3 Å². The third-order valence-electron chi connectivity index (χ3n) is 5.62. The molecule has 2 aromatic rings. The number of anilines is 1. The molecule has 0 aromatic heterocycles. The zero-order valence-corrected chi connectivity index (χ0v) is 17.1. The van der Waals surface area contributed by atoms with Gasteiger partial charge in [0, 0.05) is 10.7 Å². The van der Waals surface area contributed by atoms with Crippen LogP contribution in [0, 0.1) is 6.92 Å². The van der Waals surface area contributed by atoms with Gasteiger partial charge in [-0.2, -0.15) is 0 Å². The Hall–Kier alpha value is -2.00. The first-order valence-electron chi connectivity index (χ1n) is 9.79. The first-order valence-corrected chi connectivity index (χ1v) is 10.2. The molecule has 0 spiro atoms. The fourth-order valence-corrected chi connectivity index (χ4v) is 3.93. The average Bonchev–Trinajstić information content (AvgIpc) is 3.15. The van der Waals surface area contributed by atoms with Gasteiger partial charge in [0.25, 0.3) is 0 Å². The molecule has 1 atom stereocenters. The summed E-state index contributed by atoms with van der Waals surface area (Å²) < 4.78 is 5.93. The van der Waals surface area contributed by atoms with Crippen molar-refractivity contribution in [2.45, 2.75) is 64.4 Å². The lowest BCUT2D eigenvalue weighted by Crippen LogP contribution is -2.38. The molecule has 1 amide bonds. The van der Waals surface area contributed by atoms with Crippen LogP contribution in [-0.4, -0.2) is 12.0 Å². The second kappa shape index (κ2) is 8.35. The number of rotatable bonds is 6. The van der Waals surface area contributed by atoms with Crippen LogP contribution in [0.4, 0.5) is 5.69 Å². The lowest BCUT2D eigenvalue weighted by Gasteiger charge is -2.28. The fourth-order valence-electron chi connectivity index (χ4n) is 3.80. The molecule has 2 aromatic carbocycles. The van der Waals surface area contributed by atoms with Crippen LogP contribution in [-0.2, 0) is 10.2 Å². The molecule has 1 N–H and O–H groups in total. The van der Waals surface area contributed by atoms with Crippen LogP contribution in [0.2, 0.25) is 5.02 Å². The minimum Gasteiger partial charge on any atom is -0.490 e. The molecule has 3 nitrogen and oxygen atoms in total. The van der Waals surface area contributed by atoms with E-state index in [1.807, 2.05) is 49.4 Å². The van der Waals surface area contributed by atoms with Crippen molar-refractivity contribution in [1.29, 1.82) is 0 Å². The molecule has 3 rings (SSSR count). The molecule has 1 saturated carbocycles. The highest BCUT2D eigenvalue weighted by molar-refractivity contribution is 6.30. The van der Waals surface area contributed by atoms with Gasteiger partial charge >= 0.3 is 0 Å². The number of amides is 1. The largest absolute Gasteiger partial charge is 0.490 e. The lowest BCUT2D eigenvalue weighted by atomic mass is 9.78. The summed E-state index contributed by atoms with van der Waals surface area (Å²) in [5.41, 5.74) is 2.43. The van der Waals surface area contributed by atoms with Gasteiger partial charge in [-0.3, -0.25) is 4.79 Å². The summed E-state index contributed by atoms with van der Waals surface area (Å²) in [4.78, 5) is 13.3. The maximum absolute atomic E-state index is 13.3. The van der Waals surface area contributed by atoms with Crippen molar-refractivity contribution >= 4 is 23.2 Å². The predicted octanol–water partition coefficient (Wildman–Crippen LogP) is 6.28. The fraction of sp³-hybridized carbons (Fsp3) is 0.435. The van der Waals surface area contributed by atoms with Gasteiger partial charge in [0.1, 0.15) is 5.75 Å². The molecule has 1 fully saturated rings. The Morgan fingerprint density at radius 1 is 1.19 bits per heavy atom. The van der Waals surface area contributed by atoms with Gasteiger partial charge in [0.2, 0.25) is 5.91 Å². The number of halogens is 1. The molecule has 0 aliphatic heterocycles. The Bertz CT molecular complexity index is 795. The molecule has 0 bridgehead atoms. The van der Waals surface area contributed by atoms with Crippen molar-refractivity contribution in [3.63, 3.8) is 0 Å². The Labute approximate surface area is 167 Å². The molecule has 144 valence electrons. The number of aryl methyl sites for hydroxylation is 1. The Morgan fingerprint density at radius 3 is 2.44 bits per heavy atom. The summed E-state index contributed by atoms with van der Waals surface area (Å²) in [6.07, 6.45) is 5.01. The lowest BCUT2D eigenvalue weighted by molar-refractivity contribution is -0.121. The minimum absolute atomic E-state index is 0.0670. The zero-order valence-electron chi connectivity index (χ0n) is 16.3. The van der Waals surface area contributed by atoms with E-state index in [0.29, 0.717) is 5.02 Å². The number of hydrogen-bond donors (Lipinski definition) is 1. The molecule has 0 radical (unpaired) electrons. The number of benzene rings is 2. The van der Waals surface area contributed by atoms with Crippen LogP contribution in [0.3, 0.4) is 0 Å². The van der Waals surface area contributed by atoms with Crippen LogP contribution < -0.4 is 10.1 Å². The van der Waals surface area contributed by atoms with E-state index in [0.717, 1.165) is 54.7 Å². The van der Waals surface area contributed by atoms with E-state index >= 15 is 0 Å². The third-order valence-corrected chi connectivity index (χ3v) is 5.88. The molecule has 4 heteroatoms. The zero-order chi connectivity index (χ0) is 19.4. The highest BCUT2D eigenvalue weighted by atomic mass is 35.5. The second-order valence-electron chi connectivity index (χ2n) is 7.57. The maximum Gasteiger partial charge on any atom is 0.235 e. The van der Waals surface area contributed by atoms with Crippen LogP contribution >= 0.6 is 11.6 Å². The summed E-state index contributed by atoms with van der Waals surface area (Å²) in [7, 11) is 0. The van der Waals surface area contributed by atoms with Crippen LogP contribution in [0.25, 0.3) is 0 Å². The molecule has 1 aliphatic carbocycles. The molecule has 0 heterocycles. The Morgan fingerprint density at radius 2 is 1.85 bits per heavy atom. The second-order valence-corrected chi connectivity index (χ2v) is 8.00. The summed E-state index contributed by atoms with van der Waals surface area (Å²) >= 11 is 6.04. The number of carbonyl (C=O) groups is 1. The molecule has 1 aliphatic rings. The SMILES string of the molecule is CCC(C)Oc1ccc(NC(=O)C2(c3ccc(Cl)cc3)CCCC2)cc1C. The van der Waals surface area contributed by atoms with Crippen LogP contribution in [0.15, 0.2) is 42.5 Å². The van der Waals surface area contributed by atoms with E-state index in [1.165, 1.54) is 0 Å². The predicted molar refractivity (Wildman–Crippen MR) is 112 cm³/mol. The first kappa shape index (κ1) is 19.8. The summed E-state index contributed by atoms with van der Waals surface area (Å²) in [6.45, 7) is 6.18. The average molecular weight is 386 g/mol. The highest BCUT2D eigenvalue weighted by Crippen LogP contribution is 2.42. The number of carbonyl (C=O) groups excluding carboxylic acids is 1. The third kappa shape index (κ3) is 4.30. The molecule has 0 saturated heterocycles. The van der Waals surface area contributed by atoms with Crippen LogP contribution in [0.5, 0.6) is 5.75 Å². The van der Waals surface area contributed by atoms with Crippen molar-refractivity contribution in [3.8, 4) is 5.75 Å². The van der Waals surface area contributed by atoms with E-state index in [9.17, 15) is 4.79 Å². The summed E-state index contributed by atoms with van der Waals surface area (Å²) in [5, 5.41) is 3.84. The molecule has 1 unspecified atom stereocenters. The summed E-state index contributed by atoms with van der Waals surface area (Å²) in [5.74, 6) is 0.938. The monoisotopic (exact) mass is 385 g/mol. The number of nitrogens with one attached hydrogen (secondary N) is 1. The normalized spacial score (nSPS) is 16.7. The van der Waals surface area contributed by atoms with Gasteiger partial charge in [-0.05, 0) is 74.6 Å². The minimum atomic E-state index is -0.468. The molecular formula is C23H28ClNO2. The van der Waals surface area contributed by atoms with Gasteiger partial charge in [0.05, 0.1) is 11.5 Å². The Kier molecular flexibility index (Phi) is 6.11. The van der Waals surface area contributed by atoms with Gasteiger partial charge in [-0.1, -0.05) is 43.5 Å². The van der Waals surface area contributed by atoms with E-state index in [4.69, 9.17) is 16.3 Å². The Balaban J connectivity index is 1.80. The first-order chi connectivity index (χ1) is 12.9. The van der Waals surface area contributed by atoms with Crippen molar-refractivity contribution in [2.24, 2.45) is 0 Å². The van der Waals surface area contributed by atoms with Gasteiger partial charge in [-0.25, -0.2) is 0 Å². The maximum atomic E-state index is 13.3. The molecule has 27 heavy (non-hydrogen) atoms. The van der Waals surface area contributed by atoms with Crippen molar-refractivity contribution in [2.75, 3.05) is 5.32 Å². The smallest absolute Gasteiger partial charge is 0.235 e. The van der Waals surface area contributed by atoms with Gasteiger partial charge < -0.3 is 10.1 Å². The van der Waals surface area contributed by atoms with E-state index < -0.39 is 5.41 Å². The van der Waals surface area contributed by atoms with Gasteiger partial charge in [0.15, 0.2) is 0 Å². The summed E-state index contributed by atoms with van der Waals surface area (Å²) in [6, 6.07) is 13.6. The van der Waals surface area contributed by atoms with Crippen LogP contribution in [0.1, 0.15) is 57.1 Å². The molecular weight excluding hydrogens is 358 g/mol. The van der Waals surface area contributed by atoms with Crippen molar-refractivity contribution in [1.82, 2.24) is 0 Å². The van der Waals surface area contributed by atoms with E-state index in [1.54, 1.807) is 0 Å². The van der Waals surface area contributed by atoms with Crippen molar-refractivity contribution < 1.29 is 9.53 Å². The standard InChI is InChI=1S/C23H28ClNO2/c1-4-17(3)27-21-12-11-20(15-16(21)2)25-22(26)23(13-5-6-14-23)18-7-9-19(24)10-8-18/h7-12,15,17H,4-6,13-14H2,1-3H3,(H,25,26). The quantitative estimate of drug-likeness (QED) is 0.635. The van der Waals surface area contributed by atoms with E-state index in [-0.39, 0.29) is 12.0 Å².